The van der Waals surface area contributed by atoms with Gasteiger partial charge in [-0.2, -0.15) is 8.42 Å². The Morgan fingerprint density at radius 3 is 1.22 bits per heavy atom. The summed E-state index contributed by atoms with van der Waals surface area (Å²) < 4.78 is 63.7. The molecule has 36 heavy (non-hydrogen) atoms. The normalized spacial score (nSPS) is 10.6. The van der Waals surface area contributed by atoms with Gasteiger partial charge < -0.3 is 4.55 Å². The topological polar surface area (TPSA) is 112 Å². The summed E-state index contributed by atoms with van der Waals surface area (Å²) in [4.78, 5) is -0.244. The van der Waals surface area contributed by atoms with Gasteiger partial charge in [0.05, 0.1) is 9.79 Å². The molecule has 0 atom stereocenters. The molecule has 0 amide bonds. The fraction of sp³-hybridized carbons (Fsp3) is 0.0769. The van der Waals surface area contributed by atoms with Crippen LogP contribution in [0.3, 0.4) is 0 Å². The van der Waals surface area contributed by atoms with Crippen molar-refractivity contribution in [2.45, 2.75) is 23.6 Å². The van der Waals surface area contributed by atoms with E-state index in [2.05, 4.69) is 60.7 Å². The lowest BCUT2D eigenvalue weighted by atomic mass is 10.2. The Bertz CT molecular complexity index is 1280. The highest BCUT2D eigenvalue weighted by Crippen LogP contribution is 2.09. The zero-order valence-corrected chi connectivity index (χ0v) is 25.6. The van der Waals surface area contributed by atoms with Crippen molar-refractivity contribution in [2.24, 2.45) is 0 Å². The molecule has 0 aromatic heterocycles. The largest absolute Gasteiger partial charge is 0.744 e. The molecule has 0 heterocycles. The quantitative estimate of drug-likeness (QED) is 0.254. The van der Waals surface area contributed by atoms with Crippen molar-refractivity contribution in [3.8, 4) is 0 Å². The first-order chi connectivity index (χ1) is 16.4. The van der Waals surface area contributed by atoms with Gasteiger partial charge in [0, 0.05) is 0 Å². The summed E-state index contributed by atoms with van der Waals surface area (Å²) in [5.74, 6) is 0. The predicted molar refractivity (Wildman–Crippen MR) is 146 cm³/mol. The van der Waals surface area contributed by atoms with Gasteiger partial charge in [-0.25, -0.2) is 8.42 Å². The summed E-state index contributed by atoms with van der Waals surface area (Å²) in [5.41, 5.74) is 1.88. The van der Waals surface area contributed by atoms with Crippen LogP contribution in [0.2, 0.25) is 0 Å². The molecule has 0 saturated heterocycles. The molecule has 0 unspecified atom stereocenters. The van der Waals surface area contributed by atoms with E-state index in [1.807, 2.05) is 13.8 Å². The third kappa shape index (κ3) is 12.4. The van der Waals surface area contributed by atoms with Crippen molar-refractivity contribution in [3.63, 3.8) is 0 Å². The maximum absolute atomic E-state index is 10.5. The number of halogens is 2. The molecule has 10 heteroatoms. The van der Waals surface area contributed by atoms with E-state index in [4.69, 9.17) is 4.55 Å². The zero-order chi connectivity index (χ0) is 25.9. The van der Waals surface area contributed by atoms with Crippen molar-refractivity contribution in [1.29, 1.82) is 0 Å². The molecule has 4 rings (SSSR count). The molecule has 6 nitrogen and oxygen atoms in total. The van der Waals surface area contributed by atoms with Crippen LogP contribution in [0.4, 0.5) is 0 Å². The molecule has 0 aliphatic rings. The molecule has 0 radical (unpaired) electrons. The maximum atomic E-state index is 10.5. The number of rotatable bonds is 4. The van der Waals surface area contributed by atoms with Gasteiger partial charge in [-0.3, -0.25) is 4.55 Å². The van der Waals surface area contributed by atoms with Gasteiger partial charge in [-0.15, -0.1) is 24.0 Å². The Hall–Kier alpha value is -1.84. The summed E-state index contributed by atoms with van der Waals surface area (Å²) in [5, 5.41) is 0. The van der Waals surface area contributed by atoms with Crippen LogP contribution in [0.15, 0.2) is 119 Å². The smallest absolute Gasteiger partial charge is 0.357 e. The van der Waals surface area contributed by atoms with Gasteiger partial charge in [-0.1, -0.05) is 71.8 Å². The second kappa shape index (κ2) is 15.4. The van der Waals surface area contributed by atoms with Gasteiger partial charge in [0.2, 0.25) is 0 Å². The first-order valence-electron chi connectivity index (χ1n) is 10.3. The molecule has 4 aromatic rings. The van der Waals surface area contributed by atoms with E-state index in [1.54, 1.807) is 24.3 Å². The monoisotopic (exact) mass is 752 g/mol. The highest BCUT2D eigenvalue weighted by Gasteiger charge is 2.12. The minimum absolute atomic E-state index is 0. The minimum atomic E-state index is -4.27. The van der Waals surface area contributed by atoms with Gasteiger partial charge in [0.15, 0.2) is 7.14 Å². The van der Waals surface area contributed by atoms with Gasteiger partial charge in [0.25, 0.3) is 10.1 Å². The van der Waals surface area contributed by atoms with Crippen molar-refractivity contribution in [1.82, 2.24) is 0 Å². The van der Waals surface area contributed by atoms with E-state index in [9.17, 15) is 21.4 Å². The van der Waals surface area contributed by atoms with E-state index in [-0.39, 0.29) is 55.0 Å². The summed E-state index contributed by atoms with van der Waals surface area (Å²) in [6, 6.07) is 33.2. The molecule has 0 spiro atoms. The van der Waals surface area contributed by atoms with Crippen LogP contribution in [0.5, 0.6) is 0 Å². The lowest BCUT2D eigenvalue weighted by Crippen LogP contribution is -3.61. The third-order valence-corrected chi connectivity index (χ3v) is 8.71. The fourth-order valence-corrected chi connectivity index (χ4v) is 5.71. The van der Waals surface area contributed by atoms with Crippen LogP contribution >= 0.6 is 24.0 Å². The summed E-state index contributed by atoms with van der Waals surface area (Å²) >= 11 is 0.0287. The Morgan fingerprint density at radius 2 is 0.917 bits per heavy atom. The van der Waals surface area contributed by atoms with Crippen LogP contribution in [0.1, 0.15) is 11.1 Å². The van der Waals surface area contributed by atoms with E-state index in [1.165, 1.54) is 31.4 Å². The van der Waals surface area contributed by atoms with Crippen molar-refractivity contribution in [2.75, 3.05) is 0 Å². The van der Waals surface area contributed by atoms with Crippen LogP contribution in [0.25, 0.3) is 0 Å². The van der Waals surface area contributed by atoms with E-state index < -0.39 is 20.2 Å². The second-order valence-corrected chi connectivity index (χ2v) is 13.1. The summed E-state index contributed by atoms with van der Waals surface area (Å²) in [7, 11) is -8.29. The molecule has 0 fully saturated rings. The van der Waals surface area contributed by atoms with Crippen molar-refractivity contribution >= 4 is 44.2 Å². The maximum Gasteiger partial charge on any atom is 0.357 e. The van der Waals surface area contributed by atoms with E-state index >= 15 is 0 Å². The standard InChI is InChI=1S/C12H10I.2C7H8O3S.HI/c1-3-7-11(8-4-1)13-12-9-5-2-6-10-12;2*1-6-2-4-7(5-3-6)11(8,9)10;/h1-10H;2*2-5H,1H3,(H,8,9,10);1H/q+1;;;/p-1. The molecule has 192 valence electrons. The van der Waals surface area contributed by atoms with E-state index in [0.717, 1.165) is 11.1 Å². The molecule has 4 aromatic carbocycles. The van der Waals surface area contributed by atoms with Crippen molar-refractivity contribution < 1.29 is 47.1 Å². The highest BCUT2D eigenvalue weighted by atomic mass is 127. The van der Waals surface area contributed by atoms with Gasteiger partial charge in [-0.05, 0) is 62.4 Å². The molecule has 1 N–H and O–H groups in total. The second-order valence-electron chi connectivity index (χ2n) is 7.24. The first-order valence-corrected chi connectivity index (χ1v) is 15.3. The fourth-order valence-electron chi connectivity index (χ4n) is 2.50. The number of hydrogen-bond donors (Lipinski definition) is 1. The number of benzene rings is 4. The Labute approximate surface area is 240 Å². The number of aryl methyl sites for hydroxylation is 2. The summed E-state index contributed by atoms with van der Waals surface area (Å²) in [6.45, 7) is 3.66. The minimum Gasteiger partial charge on any atom is -0.744 e. The van der Waals surface area contributed by atoms with Crippen molar-refractivity contribution in [3.05, 3.63) is 127 Å². The first kappa shape index (κ1) is 32.2. The molecular formula is C26H26I2O6S2. The molecule has 0 bridgehead atoms. The molecule has 0 aliphatic heterocycles. The average molecular weight is 752 g/mol. The highest BCUT2D eigenvalue weighted by molar-refractivity contribution is 14.0. The lowest BCUT2D eigenvalue weighted by Gasteiger charge is -2.05. The van der Waals surface area contributed by atoms with Crippen LogP contribution in [0, 0.1) is 21.0 Å². The van der Waals surface area contributed by atoms with Crippen LogP contribution < -0.4 is 21.2 Å². The van der Waals surface area contributed by atoms with Crippen LogP contribution in [-0.2, 0) is 20.2 Å². The molecule has 0 aliphatic carbocycles. The summed E-state index contributed by atoms with van der Waals surface area (Å²) in [6.07, 6.45) is 0. The third-order valence-electron chi connectivity index (χ3n) is 4.31. The SMILES string of the molecule is Cc1ccc(S(=O)(=O)O)cc1.Cc1ccc(S(=O)(=O)[O-])cc1.I.c1ccc([I+]c2ccccc2)cc1. The number of hydrogen-bond acceptors (Lipinski definition) is 5. The van der Waals surface area contributed by atoms with Gasteiger partial charge >= 0.3 is 21.2 Å². The van der Waals surface area contributed by atoms with Crippen LogP contribution in [-0.4, -0.2) is 25.9 Å². The Kier molecular flexibility index (Phi) is 13.8. The lowest BCUT2D eigenvalue weighted by molar-refractivity contribution is -0.597. The average Bonchev–Trinajstić information content (AvgIpc) is 2.81. The predicted octanol–water partition coefficient (Wildman–Crippen LogP) is 2.57. The Balaban J connectivity index is 0.000000268. The van der Waals surface area contributed by atoms with E-state index in [0.29, 0.717) is 0 Å². The zero-order valence-electron chi connectivity index (χ0n) is 19.5. The molecular weight excluding hydrogens is 726 g/mol. The van der Waals surface area contributed by atoms with Gasteiger partial charge in [0.1, 0.15) is 10.1 Å². The molecule has 0 saturated carbocycles. The Morgan fingerprint density at radius 1 is 0.583 bits per heavy atom.